The minimum Gasteiger partial charge on any atom is -0.356 e. The van der Waals surface area contributed by atoms with Crippen molar-refractivity contribution in [2.24, 2.45) is 5.92 Å². The molecule has 0 spiro atoms. The number of aromatic nitrogens is 3. The Balaban J connectivity index is 1.84. The van der Waals surface area contributed by atoms with Gasteiger partial charge < -0.3 is 9.88 Å². The molecule has 1 N–H and O–H groups in total. The average Bonchev–Trinajstić information content (AvgIpc) is 2.92. The van der Waals surface area contributed by atoms with Crippen molar-refractivity contribution >= 4 is 28.5 Å². The monoisotopic (exact) mass is 368 g/mol. The van der Waals surface area contributed by atoms with E-state index in [9.17, 15) is 0 Å². The maximum atomic E-state index is 6.25. The number of hydrogen-bond acceptors (Lipinski definition) is 3. The molecule has 0 fully saturated rings. The summed E-state index contributed by atoms with van der Waals surface area (Å²) >= 11 is 6.25. The highest BCUT2D eigenvalue weighted by molar-refractivity contribution is 6.31. The van der Waals surface area contributed by atoms with Crippen molar-refractivity contribution in [3.63, 3.8) is 0 Å². The Kier molecular flexibility index (Phi) is 4.39. The largest absolute Gasteiger partial charge is 0.356 e. The van der Waals surface area contributed by atoms with Gasteiger partial charge >= 0.3 is 0 Å². The predicted octanol–water partition coefficient (Wildman–Crippen LogP) is 5.38. The molecular formula is C21H25ClN4. The zero-order valence-corrected chi connectivity index (χ0v) is 16.6. The van der Waals surface area contributed by atoms with Gasteiger partial charge in [0.2, 0.25) is 5.95 Å². The lowest BCUT2D eigenvalue weighted by Crippen LogP contribution is -2.37. The highest BCUT2D eigenvalue weighted by Crippen LogP contribution is 2.39. The lowest BCUT2D eigenvalue weighted by Gasteiger charge is -2.37. The SMILES string of the molecule is Cc1cc(C)nc(N2CCc3c([nH]c4ccc(Cl)cc34)C2CC(C)C)n1. The fraction of sp³-hybridized carbons (Fsp3) is 0.429. The van der Waals surface area contributed by atoms with E-state index in [1.807, 2.05) is 26.0 Å². The summed E-state index contributed by atoms with van der Waals surface area (Å²) in [5.41, 5.74) is 5.89. The van der Waals surface area contributed by atoms with E-state index >= 15 is 0 Å². The molecule has 0 amide bonds. The van der Waals surface area contributed by atoms with E-state index in [2.05, 4.69) is 35.9 Å². The van der Waals surface area contributed by atoms with Crippen LogP contribution in [0.1, 0.15) is 49.0 Å². The molecule has 26 heavy (non-hydrogen) atoms. The fourth-order valence-corrected chi connectivity index (χ4v) is 4.28. The maximum Gasteiger partial charge on any atom is 0.226 e. The van der Waals surface area contributed by atoms with E-state index in [0.29, 0.717) is 5.92 Å². The number of fused-ring (bicyclic) bond motifs is 3. The Bertz CT molecular complexity index is 940. The number of halogens is 1. The third-order valence-electron chi connectivity index (χ3n) is 5.14. The molecule has 0 saturated heterocycles. The normalized spacial score (nSPS) is 17.2. The summed E-state index contributed by atoms with van der Waals surface area (Å²) in [7, 11) is 0. The molecule has 0 bridgehead atoms. The van der Waals surface area contributed by atoms with Gasteiger partial charge in [-0.25, -0.2) is 9.97 Å². The van der Waals surface area contributed by atoms with Gasteiger partial charge in [0.05, 0.1) is 6.04 Å². The molecule has 0 saturated carbocycles. The van der Waals surface area contributed by atoms with Crippen molar-refractivity contribution in [2.75, 3.05) is 11.4 Å². The second-order valence-electron chi connectivity index (χ2n) is 7.75. The van der Waals surface area contributed by atoms with Gasteiger partial charge in [0.15, 0.2) is 0 Å². The highest BCUT2D eigenvalue weighted by atomic mass is 35.5. The molecule has 4 nitrogen and oxygen atoms in total. The van der Waals surface area contributed by atoms with Gasteiger partial charge in [0.25, 0.3) is 0 Å². The van der Waals surface area contributed by atoms with E-state index in [0.717, 1.165) is 47.3 Å². The molecule has 0 aliphatic carbocycles. The van der Waals surface area contributed by atoms with Gasteiger partial charge in [-0.2, -0.15) is 0 Å². The maximum absolute atomic E-state index is 6.25. The summed E-state index contributed by atoms with van der Waals surface area (Å²) in [6.45, 7) is 9.54. The smallest absolute Gasteiger partial charge is 0.226 e. The Morgan fingerprint density at radius 2 is 1.92 bits per heavy atom. The predicted molar refractivity (Wildman–Crippen MR) is 108 cm³/mol. The number of aryl methyl sites for hydroxylation is 2. The topological polar surface area (TPSA) is 44.8 Å². The molecule has 2 aromatic heterocycles. The van der Waals surface area contributed by atoms with E-state index in [1.54, 1.807) is 0 Å². The molecule has 5 heteroatoms. The average molecular weight is 369 g/mol. The lowest BCUT2D eigenvalue weighted by atomic mass is 9.92. The van der Waals surface area contributed by atoms with E-state index < -0.39 is 0 Å². The Labute approximate surface area is 159 Å². The van der Waals surface area contributed by atoms with Gasteiger partial charge in [0.1, 0.15) is 0 Å². The van der Waals surface area contributed by atoms with Crippen LogP contribution in [0.15, 0.2) is 24.3 Å². The standard InChI is InChI=1S/C21H25ClN4/c1-12(2)9-19-20-16(17-11-15(22)5-6-18(17)25-20)7-8-26(19)21-23-13(3)10-14(4)24-21/h5-6,10-12,19,25H,7-9H2,1-4H3. The van der Waals surface area contributed by atoms with E-state index in [1.165, 1.54) is 16.6 Å². The second-order valence-corrected chi connectivity index (χ2v) is 8.18. The summed E-state index contributed by atoms with van der Waals surface area (Å²) in [4.78, 5) is 15.5. The number of anilines is 1. The van der Waals surface area contributed by atoms with Crippen LogP contribution in [-0.2, 0) is 6.42 Å². The van der Waals surface area contributed by atoms with Crippen LogP contribution in [0, 0.1) is 19.8 Å². The second kappa shape index (κ2) is 6.58. The van der Waals surface area contributed by atoms with Gasteiger partial charge in [-0.1, -0.05) is 25.4 Å². The van der Waals surface area contributed by atoms with Crippen molar-refractivity contribution in [1.29, 1.82) is 0 Å². The summed E-state index contributed by atoms with van der Waals surface area (Å²) in [6, 6.07) is 8.41. The number of aromatic amines is 1. The third-order valence-corrected chi connectivity index (χ3v) is 5.37. The number of nitrogens with zero attached hydrogens (tertiary/aromatic N) is 3. The van der Waals surface area contributed by atoms with Crippen LogP contribution in [0.3, 0.4) is 0 Å². The van der Waals surface area contributed by atoms with Gasteiger partial charge in [-0.15, -0.1) is 0 Å². The van der Waals surface area contributed by atoms with Crippen molar-refractivity contribution in [2.45, 2.75) is 46.6 Å². The van der Waals surface area contributed by atoms with Crippen molar-refractivity contribution < 1.29 is 0 Å². The van der Waals surface area contributed by atoms with Crippen molar-refractivity contribution in [3.05, 3.63) is 51.9 Å². The quantitative estimate of drug-likeness (QED) is 0.675. The number of rotatable bonds is 3. The molecule has 136 valence electrons. The molecule has 4 rings (SSSR count). The number of nitrogens with one attached hydrogen (secondary N) is 1. The third kappa shape index (κ3) is 3.07. The summed E-state index contributed by atoms with van der Waals surface area (Å²) in [5.74, 6) is 1.42. The molecule has 3 heterocycles. The van der Waals surface area contributed by atoms with Crippen LogP contribution < -0.4 is 4.90 Å². The van der Waals surface area contributed by atoms with Crippen LogP contribution in [0.25, 0.3) is 10.9 Å². The molecule has 1 aromatic carbocycles. The Morgan fingerprint density at radius 1 is 1.19 bits per heavy atom. The molecular weight excluding hydrogens is 344 g/mol. The van der Waals surface area contributed by atoms with Crippen LogP contribution in [0.5, 0.6) is 0 Å². The minimum absolute atomic E-state index is 0.256. The number of benzene rings is 1. The van der Waals surface area contributed by atoms with E-state index in [-0.39, 0.29) is 6.04 Å². The molecule has 1 atom stereocenters. The fourth-order valence-electron chi connectivity index (χ4n) is 4.11. The number of hydrogen-bond donors (Lipinski definition) is 1. The first-order chi connectivity index (χ1) is 12.4. The molecule has 0 radical (unpaired) electrons. The van der Waals surface area contributed by atoms with E-state index in [4.69, 9.17) is 21.6 Å². The van der Waals surface area contributed by atoms with Crippen LogP contribution in [0.2, 0.25) is 5.02 Å². The summed E-state index contributed by atoms with van der Waals surface area (Å²) in [5, 5.41) is 2.04. The van der Waals surface area contributed by atoms with Crippen LogP contribution in [0.4, 0.5) is 5.95 Å². The summed E-state index contributed by atoms with van der Waals surface area (Å²) < 4.78 is 0. The Hall–Kier alpha value is -2.07. The number of H-pyrrole nitrogens is 1. The van der Waals surface area contributed by atoms with Gasteiger partial charge in [-0.05, 0) is 62.4 Å². The highest BCUT2D eigenvalue weighted by Gasteiger charge is 2.32. The van der Waals surface area contributed by atoms with Crippen molar-refractivity contribution in [3.8, 4) is 0 Å². The first-order valence-corrected chi connectivity index (χ1v) is 9.69. The molecule has 3 aromatic rings. The van der Waals surface area contributed by atoms with Gasteiger partial charge in [0, 0.05) is 39.6 Å². The summed E-state index contributed by atoms with van der Waals surface area (Å²) in [6.07, 6.45) is 2.03. The molecule has 1 aliphatic heterocycles. The first-order valence-electron chi connectivity index (χ1n) is 9.31. The zero-order chi connectivity index (χ0) is 18.4. The molecule has 1 aliphatic rings. The van der Waals surface area contributed by atoms with Crippen LogP contribution >= 0.6 is 11.6 Å². The molecule has 1 unspecified atom stereocenters. The minimum atomic E-state index is 0.256. The van der Waals surface area contributed by atoms with Gasteiger partial charge in [-0.3, -0.25) is 0 Å². The lowest BCUT2D eigenvalue weighted by molar-refractivity contribution is 0.450. The van der Waals surface area contributed by atoms with Crippen LogP contribution in [-0.4, -0.2) is 21.5 Å². The van der Waals surface area contributed by atoms with Crippen molar-refractivity contribution in [1.82, 2.24) is 15.0 Å². The zero-order valence-electron chi connectivity index (χ0n) is 15.8. The Morgan fingerprint density at radius 3 is 2.62 bits per heavy atom. The first kappa shape index (κ1) is 17.3.